The first-order valence-electron chi connectivity index (χ1n) is 9.08. The highest BCUT2D eigenvalue weighted by atomic mass is 16.5. The minimum Gasteiger partial charge on any atom is -0.496 e. The lowest BCUT2D eigenvalue weighted by Gasteiger charge is -2.08. The van der Waals surface area contributed by atoms with E-state index in [0.717, 1.165) is 5.56 Å². The molecule has 7 heteroatoms. The van der Waals surface area contributed by atoms with Gasteiger partial charge in [0.25, 0.3) is 11.5 Å². The molecule has 4 rings (SSSR count). The first kappa shape index (κ1) is 18.5. The molecule has 29 heavy (non-hydrogen) atoms. The number of nitrogens with zero attached hydrogens (tertiary/aromatic N) is 2. The molecule has 1 N–H and O–H groups in total. The number of hydrogen-bond donors (Lipinski definition) is 1. The number of carbonyl (C=O) groups is 1. The predicted molar refractivity (Wildman–Crippen MR) is 108 cm³/mol. The van der Waals surface area contributed by atoms with Crippen LogP contribution >= 0.6 is 0 Å². The fraction of sp³-hybridized carbons (Fsp3) is 0.136. The molecule has 0 saturated carbocycles. The molecule has 0 aliphatic heterocycles. The lowest BCUT2D eigenvalue weighted by molar-refractivity contribution is 0.0921. The minimum atomic E-state index is -0.342. The Morgan fingerprint density at radius 1 is 1.10 bits per heavy atom. The lowest BCUT2D eigenvalue weighted by Crippen LogP contribution is -2.22. The molecule has 2 aromatic heterocycles. The third-order valence-corrected chi connectivity index (χ3v) is 4.58. The van der Waals surface area contributed by atoms with Crippen molar-refractivity contribution in [3.05, 3.63) is 94.4 Å². The SMILES string of the molecule is COc1ccccc1CNC(=O)c1ccc(Cn2cnc3ccccc3c2=O)o1. The van der Waals surface area contributed by atoms with E-state index < -0.39 is 0 Å². The van der Waals surface area contributed by atoms with E-state index in [2.05, 4.69) is 10.3 Å². The molecular weight excluding hydrogens is 370 g/mol. The normalized spacial score (nSPS) is 10.8. The second kappa shape index (κ2) is 8.02. The molecule has 0 saturated heterocycles. The largest absolute Gasteiger partial charge is 0.496 e. The van der Waals surface area contributed by atoms with Crippen LogP contribution in [0.3, 0.4) is 0 Å². The zero-order valence-electron chi connectivity index (χ0n) is 15.8. The van der Waals surface area contributed by atoms with Gasteiger partial charge in [-0.15, -0.1) is 0 Å². The molecular formula is C22H19N3O4. The molecule has 0 aliphatic carbocycles. The number of furan rings is 1. The number of para-hydroxylation sites is 2. The highest BCUT2D eigenvalue weighted by Crippen LogP contribution is 2.17. The number of ether oxygens (including phenoxy) is 1. The summed E-state index contributed by atoms with van der Waals surface area (Å²) in [5, 5.41) is 3.35. The quantitative estimate of drug-likeness (QED) is 0.548. The number of aromatic nitrogens is 2. The fourth-order valence-electron chi connectivity index (χ4n) is 3.08. The molecule has 0 fully saturated rings. The Kier molecular flexibility index (Phi) is 5.11. The van der Waals surface area contributed by atoms with Crippen molar-refractivity contribution in [2.24, 2.45) is 0 Å². The van der Waals surface area contributed by atoms with Crippen molar-refractivity contribution in [3.8, 4) is 5.75 Å². The number of benzene rings is 2. The summed E-state index contributed by atoms with van der Waals surface area (Å²) in [7, 11) is 1.59. The van der Waals surface area contributed by atoms with E-state index in [4.69, 9.17) is 9.15 Å². The van der Waals surface area contributed by atoms with Crippen LogP contribution < -0.4 is 15.6 Å². The maximum absolute atomic E-state index is 12.6. The summed E-state index contributed by atoms with van der Waals surface area (Å²) in [6.45, 7) is 0.503. The molecule has 2 heterocycles. The molecule has 0 unspecified atom stereocenters. The second-order valence-electron chi connectivity index (χ2n) is 6.46. The van der Waals surface area contributed by atoms with Gasteiger partial charge in [-0.05, 0) is 30.3 Å². The van der Waals surface area contributed by atoms with Crippen molar-refractivity contribution in [1.29, 1.82) is 0 Å². The third kappa shape index (κ3) is 3.89. The Morgan fingerprint density at radius 3 is 2.76 bits per heavy atom. The number of carbonyl (C=O) groups excluding carboxylic acids is 1. The summed E-state index contributed by atoms with van der Waals surface area (Å²) < 4.78 is 12.4. The fourth-order valence-corrected chi connectivity index (χ4v) is 3.08. The van der Waals surface area contributed by atoms with Crippen LogP contribution in [0.25, 0.3) is 10.9 Å². The summed E-state index contributed by atoms with van der Waals surface area (Å²) in [5.41, 5.74) is 1.35. The first-order valence-corrected chi connectivity index (χ1v) is 9.08. The summed E-state index contributed by atoms with van der Waals surface area (Å²) in [6.07, 6.45) is 1.48. The van der Waals surface area contributed by atoms with E-state index in [-0.39, 0.29) is 23.8 Å². The lowest BCUT2D eigenvalue weighted by atomic mass is 10.2. The Labute approximate surface area is 166 Å². The van der Waals surface area contributed by atoms with Gasteiger partial charge in [0.15, 0.2) is 5.76 Å². The Morgan fingerprint density at radius 2 is 1.90 bits per heavy atom. The van der Waals surface area contributed by atoms with Gasteiger partial charge in [0.1, 0.15) is 11.5 Å². The van der Waals surface area contributed by atoms with Crippen LogP contribution in [0.2, 0.25) is 0 Å². The van der Waals surface area contributed by atoms with Gasteiger partial charge in [0.05, 0.1) is 30.9 Å². The topological polar surface area (TPSA) is 86.4 Å². The van der Waals surface area contributed by atoms with Crippen molar-refractivity contribution < 1.29 is 13.9 Å². The van der Waals surface area contributed by atoms with Crippen LogP contribution in [0.5, 0.6) is 5.75 Å². The standard InChI is InChI=1S/C22H19N3O4/c1-28-19-9-5-2-6-15(19)12-23-21(26)20-11-10-16(29-20)13-25-14-24-18-8-4-3-7-17(18)22(25)27/h2-11,14H,12-13H2,1H3,(H,23,26). The average molecular weight is 389 g/mol. The summed E-state index contributed by atoms with van der Waals surface area (Å²) in [5.74, 6) is 1.03. The van der Waals surface area contributed by atoms with Gasteiger partial charge in [-0.25, -0.2) is 4.98 Å². The number of fused-ring (bicyclic) bond motifs is 1. The zero-order chi connectivity index (χ0) is 20.2. The second-order valence-corrected chi connectivity index (χ2v) is 6.46. The van der Waals surface area contributed by atoms with E-state index >= 15 is 0 Å². The molecule has 0 aliphatic rings. The molecule has 2 aromatic carbocycles. The minimum absolute atomic E-state index is 0.158. The van der Waals surface area contributed by atoms with Crippen LogP contribution in [-0.4, -0.2) is 22.6 Å². The molecule has 146 valence electrons. The highest BCUT2D eigenvalue weighted by Gasteiger charge is 2.13. The molecule has 1 amide bonds. The average Bonchev–Trinajstić information content (AvgIpc) is 3.23. The predicted octanol–water partition coefficient (Wildman–Crippen LogP) is 2.98. The molecule has 7 nitrogen and oxygen atoms in total. The molecule has 0 spiro atoms. The number of rotatable bonds is 6. The van der Waals surface area contributed by atoms with Crippen LogP contribution in [0.15, 0.2) is 76.2 Å². The smallest absolute Gasteiger partial charge is 0.287 e. The Bertz CT molecular complexity index is 1230. The summed E-state index contributed by atoms with van der Waals surface area (Å²) in [6, 6.07) is 17.9. The van der Waals surface area contributed by atoms with Gasteiger partial charge < -0.3 is 14.5 Å². The van der Waals surface area contributed by atoms with Gasteiger partial charge in [-0.1, -0.05) is 30.3 Å². The number of nitrogens with one attached hydrogen (secondary N) is 1. The van der Waals surface area contributed by atoms with Gasteiger partial charge >= 0.3 is 0 Å². The summed E-state index contributed by atoms with van der Waals surface area (Å²) in [4.78, 5) is 29.3. The summed E-state index contributed by atoms with van der Waals surface area (Å²) >= 11 is 0. The maximum atomic E-state index is 12.6. The van der Waals surface area contributed by atoms with Crippen molar-refractivity contribution >= 4 is 16.8 Å². The van der Waals surface area contributed by atoms with E-state index in [1.807, 2.05) is 30.3 Å². The number of hydrogen-bond acceptors (Lipinski definition) is 5. The van der Waals surface area contributed by atoms with E-state index in [9.17, 15) is 9.59 Å². The zero-order valence-corrected chi connectivity index (χ0v) is 15.8. The molecule has 0 radical (unpaired) electrons. The van der Waals surface area contributed by atoms with Crippen molar-refractivity contribution in [2.45, 2.75) is 13.1 Å². The van der Waals surface area contributed by atoms with Gasteiger partial charge in [0.2, 0.25) is 0 Å². The van der Waals surface area contributed by atoms with E-state index in [0.29, 0.717) is 29.0 Å². The Balaban J connectivity index is 1.46. The molecule has 0 bridgehead atoms. The first-order chi connectivity index (χ1) is 14.2. The van der Waals surface area contributed by atoms with Gasteiger partial charge in [0, 0.05) is 12.1 Å². The van der Waals surface area contributed by atoms with Crippen molar-refractivity contribution in [2.75, 3.05) is 7.11 Å². The van der Waals surface area contributed by atoms with E-state index in [1.165, 1.54) is 10.9 Å². The van der Waals surface area contributed by atoms with Gasteiger partial charge in [-0.2, -0.15) is 0 Å². The third-order valence-electron chi connectivity index (χ3n) is 4.58. The number of amides is 1. The van der Waals surface area contributed by atoms with Crippen LogP contribution in [0.4, 0.5) is 0 Å². The van der Waals surface area contributed by atoms with E-state index in [1.54, 1.807) is 37.4 Å². The molecule has 4 aromatic rings. The monoisotopic (exact) mass is 389 g/mol. The molecule has 0 atom stereocenters. The van der Waals surface area contributed by atoms with Gasteiger partial charge in [-0.3, -0.25) is 14.2 Å². The van der Waals surface area contributed by atoms with Crippen molar-refractivity contribution in [1.82, 2.24) is 14.9 Å². The highest BCUT2D eigenvalue weighted by molar-refractivity contribution is 5.91. The van der Waals surface area contributed by atoms with Crippen LogP contribution in [0, 0.1) is 0 Å². The maximum Gasteiger partial charge on any atom is 0.287 e. The number of methoxy groups -OCH3 is 1. The Hall–Kier alpha value is -3.87. The van der Waals surface area contributed by atoms with Crippen LogP contribution in [-0.2, 0) is 13.1 Å². The van der Waals surface area contributed by atoms with Crippen molar-refractivity contribution in [3.63, 3.8) is 0 Å². The van der Waals surface area contributed by atoms with Crippen LogP contribution in [0.1, 0.15) is 21.9 Å².